The second-order valence-electron chi connectivity index (χ2n) is 4.95. The highest BCUT2D eigenvalue weighted by Gasteiger charge is 2.14. The molecule has 7 heteroatoms. The molecule has 0 spiro atoms. The van der Waals surface area contributed by atoms with Crippen LogP contribution in [0.4, 0.5) is 10.1 Å². The highest BCUT2D eigenvalue weighted by molar-refractivity contribution is 7.98. The van der Waals surface area contributed by atoms with Crippen molar-refractivity contribution in [3.8, 4) is 11.3 Å². The largest absolute Gasteiger partial charge is 0.396 e. The summed E-state index contributed by atoms with van der Waals surface area (Å²) in [6.45, 7) is 2.39. The number of anilines is 1. The van der Waals surface area contributed by atoms with Gasteiger partial charge in [-0.2, -0.15) is 0 Å². The molecule has 0 saturated carbocycles. The summed E-state index contributed by atoms with van der Waals surface area (Å²) >= 11 is 1.38. The summed E-state index contributed by atoms with van der Waals surface area (Å²) in [5.41, 5.74) is 7.50. The maximum absolute atomic E-state index is 13.4. The average molecular weight is 330 g/mol. The molecule has 0 fully saturated rings. The molecule has 23 heavy (non-hydrogen) atoms. The van der Waals surface area contributed by atoms with Crippen LogP contribution in [0.25, 0.3) is 22.3 Å². The topological polar surface area (TPSA) is 73.8 Å². The number of nitrogens with two attached hydrogens (primary N) is 1. The van der Waals surface area contributed by atoms with Gasteiger partial charge in [-0.3, -0.25) is 9.36 Å². The van der Waals surface area contributed by atoms with Crippen molar-refractivity contribution < 1.29 is 4.39 Å². The van der Waals surface area contributed by atoms with E-state index in [1.54, 1.807) is 22.8 Å². The molecule has 0 atom stereocenters. The Hall–Kier alpha value is -2.41. The summed E-state index contributed by atoms with van der Waals surface area (Å²) in [5.74, 6) is -0.470. The van der Waals surface area contributed by atoms with Crippen molar-refractivity contribution in [2.75, 3.05) is 12.0 Å². The molecule has 3 rings (SSSR count). The van der Waals surface area contributed by atoms with Gasteiger partial charge < -0.3 is 5.73 Å². The molecule has 5 nitrogen and oxygen atoms in total. The van der Waals surface area contributed by atoms with Gasteiger partial charge in [0.15, 0.2) is 5.16 Å². The Morgan fingerprint density at radius 3 is 2.70 bits per heavy atom. The molecule has 2 heterocycles. The van der Waals surface area contributed by atoms with E-state index in [9.17, 15) is 9.18 Å². The maximum Gasteiger partial charge on any atom is 0.252 e. The number of nitrogen functional groups attached to an aromatic ring is 1. The number of aromatic nitrogens is 3. The Bertz CT molecular complexity index is 955. The number of halogens is 1. The molecule has 0 amide bonds. The van der Waals surface area contributed by atoms with E-state index in [2.05, 4.69) is 9.97 Å². The summed E-state index contributed by atoms with van der Waals surface area (Å²) in [6.07, 6.45) is 1.86. The summed E-state index contributed by atoms with van der Waals surface area (Å²) in [6, 6.07) is 7.67. The second kappa shape index (κ2) is 6.00. The van der Waals surface area contributed by atoms with Crippen LogP contribution in [-0.4, -0.2) is 20.8 Å². The predicted octanol–water partition coefficient (Wildman–Crippen LogP) is 2.92. The van der Waals surface area contributed by atoms with Gasteiger partial charge in [-0.15, -0.1) is 0 Å². The molecule has 1 aromatic carbocycles. The van der Waals surface area contributed by atoms with Crippen molar-refractivity contribution in [1.29, 1.82) is 0 Å². The first-order valence-corrected chi connectivity index (χ1v) is 8.28. The van der Waals surface area contributed by atoms with Gasteiger partial charge in [-0.1, -0.05) is 11.8 Å². The first kappa shape index (κ1) is 15.5. The third kappa shape index (κ3) is 2.68. The van der Waals surface area contributed by atoms with E-state index in [0.29, 0.717) is 28.6 Å². The zero-order valence-electron chi connectivity index (χ0n) is 12.7. The van der Waals surface area contributed by atoms with E-state index in [0.717, 1.165) is 5.39 Å². The molecule has 3 aromatic rings. The Balaban J connectivity index is 2.39. The molecule has 0 radical (unpaired) electrons. The fraction of sp³-hybridized carbons (Fsp3) is 0.188. The Kier molecular flexibility index (Phi) is 4.04. The number of rotatable bonds is 3. The van der Waals surface area contributed by atoms with Crippen LogP contribution in [-0.2, 0) is 6.54 Å². The van der Waals surface area contributed by atoms with Crippen molar-refractivity contribution >= 4 is 28.5 Å². The van der Waals surface area contributed by atoms with Gasteiger partial charge in [0.05, 0.1) is 11.4 Å². The van der Waals surface area contributed by atoms with Gasteiger partial charge >= 0.3 is 0 Å². The van der Waals surface area contributed by atoms with Gasteiger partial charge in [0.25, 0.3) is 5.56 Å². The quantitative estimate of drug-likeness (QED) is 0.454. The molecule has 0 saturated heterocycles. The number of hydrogen-bond donors (Lipinski definition) is 1. The predicted molar refractivity (Wildman–Crippen MR) is 91.1 cm³/mol. The summed E-state index contributed by atoms with van der Waals surface area (Å²) in [5, 5.41) is 1.28. The summed E-state index contributed by atoms with van der Waals surface area (Å²) < 4.78 is 15.0. The van der Waals surface area contributed by atoms with Crippen LogP contribution in [0.1, 0.15) is 6.92 Å². The van der Waals surface area contributed by atoms with Gasteiger partial charge in [0.2, 0.25) is 0 Å². The van der Waals surface area contributed by atoms with Crippen LogP contribution in [0.15, 0.2) is 40.3 Å². The normalized spacial score (nSPS) is 11.1. The van der Waals surface area contributed by atoms with E-state index in [4.69, 9.17) is 5.73 Å². The molecule has 2 aromatic heterocycles. The number of benzene rings is 1. The molecule has 0 aliphatic rings. The lowest BCUT2D eigenvalue weighted by Crippen LogP contribution is -2.19. The Morgan fingerprint density at radius 2 is 2.04 bits per heavy atom. The maximum atomic E-state index is 13.4. The first-order chi connectivity index (χ1) is 11.0. The van der Waals surface area contributed by atoms with Gasteiger partial charge in [0, 0.05) is 23.6 Å². The summed E-state index contributed by atoms with van der Waals surface area (Å²) in [7, 11) is 0. The molecule has 0 bridgehead atoms. The van der Waals surface area contributed by atoms with E-state index in [1.807, 2.05) is 13.2 Å². The molecule has 0 unspecified atom stereocenters. The number of aryl methyl sites for hydroxylation is 1. The molecule has 0 aliphatic heterocycles. The van der Waals surface area contributed by atoms with Crippen LogP contribution in [0.3, 0.4) is 0 Å². The van der Waals surface area contributed by atoms with Crippen LogP contribution < -0.4 is 11.3 Å². The van der Waals surface area contributed by atoms with E-state index < -0.39 is 5.82 Å². The Labute approximate surface area is 136 Å². The summed E-state index contributed by atoms with van der Waals surface area (Å²) in [4.78, 5) is 21.0. The number of nitrogens with zero attached hydrogens (tertiary/aromatic N) is 3. The number of fused-ring (bicyclic) bond motifs is 1. The lowest BCUT2D eigenvalue weighted by Gasteiger charge is -2.12. The second-order valence-corrected chi connectivity index (χ2v) is 5.72. The fourth-order valence-electron chi connectivity index (χ4n) is 2.45. The van der Waals surface area contributed by atoms with Crippen molar-refractivity contribution in [3.05, 3.63) is 46.5 Å². The number of thioether (sulfide) groups is 1. The van der Waals surface area contributed by atoms with Crippen molar-refractivity contribution in [2.45, 2.75) is 18.6 Å². The lowest BCUT2D eigenvalue weighted by molar-refractivity contribution is 0.632. The van der Waals surface area contributed by atoms with E-state index in [-0.39, 0.29) is 11.2 Å². The minimum absolute atomic E-state index is 0.0591. The smallest absolute Gasteiger partial charge is 0.252 e. The molecular formula is C16H15FN4OS. The molecule has 2 N–H and O–H groups in total. The van der Waals surface area contributed by atoms with Crippen LogP contribution in [0.5, 0.6) is 0 Å². The monoisotopic (exact) mass is 330 g/mol. The lowest BCUT2D eigenvalue weighted by atomic mass is 10.1. The highest BCUT2D eigenvalue weighted by atomic mass is 32.2. The van der Waals surface area contributed by atoms with Gasteiger partial charge in [-0.05, 0) is 37.4 Å². The molecular weight excluding hydrogens is 315 g/mol. The molecule has 0 aliphatic carbocycles. The standard InChI is InChI=1S/C16H15FN4OS/c1-3-21-13(22)7-5-10-14(19-16(23-2)20-15(10)21)9-4-6-11(17)12(18)8-9/h4-8H,3,18H2,1-2H3. The fourth-order valence-corrected chi connectivity index (χ4v) is 2.81. The molecule has 118 valence electrons. The van der Waals surface area contributed by atoms with Crippen molar-refractivity contribution in [2.24, 2.45) is 0 Å². The van der Waals surface area contributed by atoms with Crippen LogP contribution >= 0.6 is 11.8 Å². The van der Waals surface area contributed by atoms with E-state index >= 15 is 0 Å². The first-order valence-electron chi connectivity index (χ1n) is 7.06. The van der Waals surface area contributed by atoms with Crippen molar-refractivity contribution in [3.63, 3.8) is 0 Å². The number of hydrogen-bond acceptors (Lipinski definition) is 5. The zero-order chi connectivity index (χ0) is 16.6. The van der Waals surface area contributed by atoms with Gasteiger partial charge in [0.1, 0.15) is 11.5 Å². The van der Waals surface area contributed by atoms with Crippen molar-refractivity contribution in [1.82, 2.24) is 14.5 Å². The Morgan fingerprint density at radius 1 is 1.26 bits per heavy atom. The van der Waals surface area contributed by atoms with Gasteiger partial charge in [-0.25, -0.2) is 14.4 Å². The number of pyridine rings is 1. The SMILES string of the molecule is CCn1c(=O)ccc2c(-c3ccc(F)c(N)c3)nc(SC)nc21. The minimum atomic E-state index is -0.470. The highest BCUT2D eigenvalue weighted by Crippen LogP contribution is 2.29. The third-order valence-electron chi connectivity index (χ3n) is 3.59. The van der Waals surface area contributed by atoms with Crippen LogP contribution in [0.2, 0.25) is 0 Å². The van der Waals surface area contributed by atoms with Crippen LogP contribution in [0, 0.1) is 5.82 Å². The zero-order valence-corrected chi connectivity index (χ0v) is 13.5. The minimum Gasteiger partial charge on any atom is -0.396 e. The third-order valence-corrected chi connectivity index (χ3v) is 4.14. The average Bonchev–Trinajstić information content (AvgIpc) is 2.56. The van der Waals surface area contributed by atoms with E-state index in [1.165, 1.54) is 23.9 Å².